The molecule has 1 aromatic carbocycles. The normalized spacial score (nSPS) is 19.7. The maximum absolute atomic E-state index is 14.4. The predicted octanol–water partition coefficient (Wildman–Crippen LogP) is 6.40. The van der Waals surface area contributed by atoms with Crippen molar-refractivity contribution in [3.8, 4) is 0 Å². The number of para-hydroxylation sites is 1. The smallest absolute Gasteiger partial charge is 0.309 e. The van der Waals surface area contributed by atoms with Crippen LogP contribution in [0.4, 0.5) is 0 Å². The molecule has 0 saturated heterocycles. The lowest BCUT2D eigenvalue weighted by atomic mass is 9.98. The second-order valence-electron chi connectivity index (χ2n) is 9.27. The van der Waals surface area contributed by atoms with Gasteiger partial charge in [0.25, 0.3) is 0 Å². The van der Waals surface area contributed by atoms with Gasteiger partial charge in [0.1, 0.15) is 0 Å². The van der Waals surface area contributed by atoms with Crippen LogP contribution in [0.25, 0.3) is 10.9 Å². The second kappa shape index (κ2) is 9.99. The number of hydrogen-bond acceptors (Lipinski definition) is 4. The second-order valence-corrected chi connectivity index (χ2v) is 11.1. The van der Waals surface area contributed by atoms with Gasteiger partial charge in [-0.2, -0.15) is 0 Å². The highest BCUT2D eigenvalue weighted by Gasteiger charge is 2.37. The van der Waals surface area contributed by atoms with Crippen LogP contribution in [0, 0.1) is 0 Å². The van der Waals surface area contributed by atoms with E-state index in [-0.39, 0.29) is 12.2 Å². The van der Waals surface area contributed by atoms with Crippen LogP contribution in [0.3, 0.4) is 0 Å². The largest absolute Gasteiger partial charge is 0.439 e. The molecule has 6 heteroatoms. The Morgan fingerprint density at radius 2 is 1.50 bits per heavy atom. The van der Waals surface area contributed by atoms with Gasteiger partial charge in [0, 0.05) is 18.1 Å². The highest BCUT2D eigenvalue weighted by atomic mass is 31.2. The average molecular weight is 433 g/mol. The maximum Gasteiger partial charge on any atom is 0.439 e. The Morgan fingerprint density at radius 1 is 0.933 bits per heavy atom. The van der Waals surface area contributed by atoms with E-state index < -0.39 is 7.75 Å². The highest BCUT2D eigenvalue weighted by Crippen LogP contribution is 2.56. The zero-order valence-corrected chi connectivity index (χ0v) is 19.5. The zero-order chi connectivity index (χ0) is 21.0. The standard InChI is InChI=1S/C24H37N2O3P/c1-25(2)18-17-20-19-26(24-16-10-9-15-23(20)24)30(27,28-21-11-5-3-6-12-21)29-22-13-7-4-8-14-22/h9-10,15-16,19,21-22H,3-8,11-14,17-18H2,1-2H3. The van der Waals surface area contributed by atoms with Crippen LogP contribution in [0.5, 0.6) is 0 Å². The van der Waals surface area contributed by atoms with Crippen LogP contribution in [-0.2, 0) is 20.0 Å². The molecule has 30 heavy (non-hydrogen) atoms. The molecule has 0 aliphatic heterocycles. The summed E-state index contributed by atoms with van der Waals surface area (Å²) in [6, 6.07) is 8.25. The van der Waals surface area contributed by atoms with Crippen LogP contribution in [0.2, 0.25) is 0 Å². The molecule has 1 heterocycles. The fourth-order valence-corrected chi connectivity index (χ4v) is 6.97. The van der Waals surface area contributed by atoms with Gasteiger partial charge < -0.3 is 4.90 Å². The third kappa shape index (κ3) is 5.19. The number of rotatable bonds is 8. The molecule has 2 aliphatic rings. The minimum absolute atomic E-state index is 0.0274. The first-order valence-corrected chi connectivity index (χ1v) is 13.3. The third-order valence-corrected chi connectivity index (χ3v) is 8.52. The van der Waals surface area contributed by atoms with Crippen molar-refractivity contribution in [2.24, 2.45) is 0 Å². The number of nitrogens with zero attached hydrogens (tertiary/aromatic N) is 2. The Balaban J connectivity index is 1.69. The molecule has 0 spiro atoms. The summed E-state index contributed by atoms with van der Waals surface area (Å²) < 4.78 is 29.1. The van der Waals surface area contributed by atoms with Gasteiger partial charge in [0.15, 0.2) is 0 Å². The molecule has 0 radical (unpaired) electrons. The van der Waals surface area contributed by atoms with Gasteiger partial charge in [0.05, 0.1) is 17.7 Å². The fraction of sp³-hybridized carbons (Fsp3) is 0.667. The third-order valence-electron chi connectivity index (χ3n) is 6.54. The first kappa shape index (κ1) is 22.1. The summed E-state index contributed by atoms with van der Waals surface area (Å²) in [6.45, 7) is 0.950. The van der Waals surface area contributed by atoms with E-state index in [1.165, 1.54) is 18.4 Å². The number of fused-ring (bicyclic) bond motifs is 1. The Kier molecular flexibility index (Phi) is 7.36. The van der Waals surface area contributed by atoms with Gasteiger partial charge in [-0.1, -0.05) is 56.7 Å². The first-order valence-electron chi connectivity index (χ1n) is 11.8. The fourth-order valence-electron chi connectivity index (χ4n) is 4.82. The van der Waals surface area contributed by atoms with Crippen molar-refractivity contribution in [2.75, 3.05) is 20.6 Å². The van der Waals surface area contributed by atoms with Crippen LogP contribution in [-0.4, -0.2) is 42.1 Å². The lowest BCUT2D eigenvalue weighted by Gasteiger charge is -2.31. The molecule has 2 aromatic rings. The van der Waals surface area contributed by atoms with E-state index in [4.69, 9.17) is 9.05 Å². The molecular formula is C24H37N2O3P. The Hall–Kier alpha value is -1.13. The molecule has 2 aliphatic carbocycles. The molecule has 166 valence electrons. The Labute approximate surface area is 181 Å². The van der Waals surface area contributed by atoms with Gasteiger partial charge >= 0.3 is 7.75 Å². The summed E-state index contributed by atoms with van der Waals surface area (Å²) in [5.74, 6) is 0. The summed E-state index contributed by atoms with van der Waals surface area (Å²) in [4.78, 5) is 2.18. The summed E-state index contributed by atoms with van der Waals surface area (Å²) in [5.41, 5.74) is 2.17. The summed E-state index contributed by atoms with van der Waals surface area (Å²) in [5, 5.41) is 1.15. The molecular weight excluding hydrogens is 395 g/mol. The minimum Gasteiger partial charge on any atom is -0.309 e. The lowest BCUT2D eigenvalue weighted by molar-refractivity contribution is 0.0752. The van der Waals surface area contributed by atoms with Gasteiger partial charge in [-0.15, -0.1) is 0 Å². The molecule has 2 fully saturated rings. The maximum atomic E-state index is 14.4. The van der Waals surface area contributed by atoms with E-state index in [1.54, 1.807) is 0 Å². The zero-order valence-electron chi connectivity index (χ0n) is 18.6. The van der Waals surface area contributed by atoms with Crippen LogP contribution >= 0.6 is 7.75 Å². The van der Waals surface area contributed by atoms with Gasteiger partial charge in [0.2, 0.25) is 0 Å². The lowest BCUT2D eigenvalue weighted by Crippen LogP contribution is -2.22. The van der Waals surface area contributed by atoms with Crippen molar-refractivity contribution < 1.29 is 13.6 Å². The molecule has 5 nitrogen and oxygen atoms in total. The summed E-state index contributed by atoms with van der Waals surface area (Å²) in [6.07, 6.45) is 14.0. The summed E-state index contributed by atoms with van der Waals surface area (Å²) in [7, 11) is 0.694. The van der Waals surface area contributed by atoms with Crippen molar-refractivity contribution in [1.29, 1.82) is 0 Å². The molecule has 0 bridgehead atoms. The SMILES string of the molecule is CN(C)CCc1cn(P(=O)(OC2CCCCC2)OC2CCCCC2)c2ccccc12. The Bertz CT molecular complexity index is 842. The van der Waals surface area contributed by atoms with Crippen molar-refractivity contribution in [3.63, 3.8) is 0 Å². The molecule has 0 N–H and O–H groups in total. The number of hydrogen-bond donors (Lipinski definition) is 0. The van der Waals surface area contributed by atoms with Gasteiger partial charge in [-0.3, -0.25) is 13.4 Å². The van der Waals surface area contributed by atoms with E-state index in [1.807, 2.05) is 16.6 Å². The van der Waals surface area contributed by atoms with E-state index in [0.717, 1.165) is 75.2 Å². The number of benzene rings is 1. The van der Waals surface area contributed by atoms with Crippen molar-refractivity contribution in [3.05, 3.63) is 36.0 Å². The van der Waals surface area contributed by atoms with E-state index in [9.17, 15) is 4.57 Å². The predicted molar refractivity (Wildman–Crippen MR) is 123 cm³/mol. The molecule has 1 aromatic heterocycles. The monoisotopic (exact) mass is 432 g/mol. The van der Waals surface area contributed by atoms with Gasteiger partial charge in [-0.05, 0) is 57.8 Å². The number of likely N-dealkylation sites (N-methyl/N-ethyl adjacent to an activating group) is 1. The molecule has 0 amide bonds. The number of aromatic nitrogens is 1. The van der Waals surface area contributed by atoms with E-state index in [0.29, 0.717) is 0 Å². The molecule has 0 unspecified atom stereocenters. The Morgan fingerprint density at radius 3 is 2.07 bits per heavy atom. The first-order chi connectivity index (χ1) is 14.5. The topological polar surface area (TPSA) is 43.7 Å². The molecule has 0 atom stereocenters. The minimum atomic E-state index is -3.48. The molecule has 4 rings (SSSR count). The van der Waals surface area contributed by atoms with Crippen molar-refractivity contribution in [2.45, 2.75) is 82.8 Å². The quantitative estimate of drug-likeness (QED) is 0.453. The van der Waals surface area contributed by atoms with Crippen LogP contribution < -0.4 is 0 Å². The highest BCUT2D eigenvalue weighted by molar-refractivity contribution is 7.52. The summed E-state index contributed by atoms with van der Waals surface area (Å²) >= 11 is 0. The van der Waals surface area contributed by atoms with Crippen LogP contribution in [0.1, 0.15) is 69.8 Å². The van der Waals surface area contributed by atoms with Crippen molar-refractivity contribution in [1.82, 2.24) is 9.24 Å². The van der Waals surface area contributed by atoms with Crippen LogP contribution in [0.15, 0.2) is 30.5 Å². The molecule has 2 saturated carbocycles. The average Bonchev–Trinajstić information content (AvgIpc) is 3.13. The van der Waals surface area contributed by atoms with E-state index >= 15 is 0 Å². The van der Waals surface area contributed by atoms with E-state index in [2.05, 4.69) is 37.2 Å². The van der Waals surface area contributed by atoms with Gasteiger partial charge in [-0.25, -0.2) is 4.57 Å². The van der Waals surface area contributed by atoms with Crippen molar-refractivity contribution >= 4 is 18.6 Å².